The van der Waals surface area contributed by atoms with E-state index in [1.165, 1.54) is 23.3 Å². The van der Waals surface area contributed by atoms with Crippen LogP contribution in [0.3, 0.4) is 0 Å². The van der Waals surface area contributed by atoms with E-state index < -0.39 is 0 Å². The van der Waals surface area contributed by atoms with Crippen molar-refractivity contribution in [1.29, 1.82) is 0 Å². The number of hydrogen-bond donors (Lipinski definition) is 0. The van der Waals surface area contributed by atoms with Crippen molar-refractivity contribution < 1.29 is 9.47 Å². The third-order valence-corrected chi connectivity index (χ3v) is 4.88. The van der Waals surface area contributed by atoms with Crippen molar-refractivity contribution >= 4 is 23.3 Å². The summed E-state index contributed by atoms with van der Waals surface area (Å²) >= 11 is 2.74. The molecular formula is C13H12N6O2S2. The summed E-state index contributed by atoms with van der Waals surface area (Å²) in [4.78, 5) is 4.43. The van der Waals surface area contributed by atoms with Gasteiger partial charge in [-0.05, 0) is 45.9 Å². The van der Waals surface area contributed by atoms with E-state index in [0.717, 1.165) is 28.0 Å². The Morgan fingerprint density at radius 1 is 1.26 bits per heavy atom. The zero-order valence-electron chi connectivity index (χ0n) is 12.2. The summed E-state index contributed by atoms with van der Waals surface area (Å²) in [5.74, 6) is 2.26. The molecule has 0 saturated heterocycles. The van der Waals surface area contributed by atoms with Crippen LogP contribution in [0.1, 0.15) is 12.7 Å². The first-order valence-electron chi connectivity index (χ1n) is 7.02. The molecule has 118 valence electrons. The average molecular weight is 348 g/mol. The summed E-state index contributed by atoms with van der Waals surface area (Å²) in [6.07, 6.45) is 0.810. The normalized spacial score (nSPS) is 13.3. The first-order chi connectivity index (χ1) is 11.3. The minimum atomic E-state index is 0.540. The fourth-order valence-electron chi connectivity index (χ4n) is 2.07. The molecule has 4 rings (SSSR count). The van der Waals surface area contributed by atoms with E-state index in [2.05, 4.69) is 24.9 Å². The Bertz CT molecular complexity index is 833. The number of tetrazole rings is 1. The predicted molar refractivity (Wildman–Crippen MR) is 83.6 cm³/mol. The van der Waals surface area contributed by atoms with Crippen LogP contribution in [-0.4, -0.2) is 42.8 Å². The van der Waals surface area contributed by atoms with Crippen LogP contribution in [0.25, 0.3) is 5.69 Å². The summed E-state index contributed by atoms with van der Waals surface area (Å²) in [5, 5.41) is 12.5. The summed E-state index contributed by atoms with van der Waals surface area (Å²) in [6.45, 7) is 3.13. The van der Waals surface area contributed by atoms with Gasteiger partial charge in [-0.3, -0.25) is 0 Å². The van der Waals surface area contributed by atoms with Gasteiger partial charge in [0.15, 0.2) is 15.8 Å². The van der Waals surface area contributed by atoms with Crippen molar-refractivity contribution in [2.24, 2.45) is 0 Å². The molecule has 3 aromatic rings. The van der Waals surface area contributed by atoms with Gasteiger partial charge < -0.3 is 9.47 Å². The Labute approximate surface area is 140 Å². The summed E-state index contributed by atoms with van der Waals surface area (Å²) in [5.41, 5.74) is 0.807. The zero-order chi connectivity index (χ0) is 15.6. The number of hydrogen-bond acceptors (Lipinski definition) is 9. The van der Waals surface area contributed by atoms with Gasteiger partial charge in [-0.1, -0.05) is 6.92 Å². The molecule has 0 spiro atoms. The highest BCUT2D eigenvalue weighted by Gasteiger charge is 2.17. The Hall–Kier alpha value is -2.20. The summed E-state index contributed by atoms with van der Waals surface area (Å²) in [6, 6.07) is 5.62. The van der Waals surface area contributed by atoms with Gasteiger partial charge in [0, 0.05) is 12.5 Å². The van der Waals surface area contributed by atoms with Gasteiger partial charge in [-0.15, -0.1) is 5.10 Å². The van der Waals surface area contributed by atoms with E-state index in [1.54, 1.807) is 4.68 Å². The van der Waals surface area contributed by atoms with Crippen LogP contribution in [0, 0.1) is 0 Å². The minimum Gasteiger partial charge on any atom is -0.486 e. The maximum absolute atomic E-state index is 5.60. The number of ether oxygens (including phenoxy) is 2. The van der Waals surface area contributed by atoms with E-state index in [9.17, 15) is 0 Å². The molecule has 0 saturated carbocycles. The molecule has 0 aliphatic carbocycles. The first kappa shape index (κ1) is 14.4. The second-order valence-corrected chi connectivity index (χ2v) is 6.60. The first-order valence-corrected chi connectivity index (χ1v) is 8.61. The molecule has 0 unspecified atom stereocenters. The summed E-state index contributed by atoms with van der Waals surface area (Å²) in [7, 11) is 0. The number of benzene rings is 1. The molecule has 1 aliphatic heterocycles. The van der Waals surface area contributed by atoms with Crippen LogP contribution in [0.2, 0.25) is 0 Å². The van der Waals surface area contributed by atoms with E-state index in [1.807, 2.05) is 25.1 Å². The molecule has 1 aromatic carbocycles. The molecule has 10 heteroatoms. The number of nitrogens with zero attached hydrogens (tertiary/aromatic N) is 6. The fraction of sp³-hybridized carbons (Fsp3) is 0.308. The standard InChI is InChI=1S/C13H12N6O2S2/c1-2-11-14-13(23-16-11)22-12-15-17-18-19(12)8-3-4-9-10(7-8)21-6-5-20-9/h3-4,7H,2,5-6H2,1H3. The van der Waals surface area contributed by atoms with Gasteiger partial charge in [0.05, 0.1) is 5.69 Å². The zero-order valence-corrected chi connectivity index (χ0v) is 13.8. The van der Waals surface area contributed by atoms with Gasteiger partial charge in [0.2, 0.25) is 5.16 Å². The van der Waals surface area contributed by atoms with Crippen LogP contribution in [0.15, 0.2) is 27.7 Å². The Balaban J connectivity index is 1.64. The van der Waals surface area contributed by atoms with Crippen LogP contribution >= 0.6 is 23.3 Å². The highest BCUT2D eigenvalue weighted by molar-refractivity contribution is 8.00. The fourth-order valence-corrected chi connectivity index (χ4v) is 3.67. The lowest BCUT2D eigenvalue weighted by Crippen LogP contribution is -2.15. The molecule has 0 fully saturated rings. The molecular weight excluding hydrogens is 336 g/mol. The third kappa shape index (κ3) is 2.86. The Kier molecular flexibility index (Phi) is 3.83. The van der Waals surface area contributed by atoms with Crippen LogP contribution in [0.5, 0.6) is 11.5 Å². The van der Waals surface area contributed by atoms with Gasteiger partial charge in [-0.25, -0.2) is 4.98 Å². The number of rotatable bonds is 4. The van der Waals surface area contributed by atoms with Crippen molar-refractivity contribution in [3.8, 4) is 17.2 Å². The lowest BCUT2D eigenvalue weighted by molar-refractivity contribution is 0.171. The SMILES string of the molecule is CCc1nsc(Sc2nnnn2-c2ccc3c(c2)OCCO3)n1. The van der Waals surface area contributed by atoms with Crippen molar-refractivity contribution in [1.82, 2.24) is 29.6 Å². The van der Waals surface area contributed by atoms with Crippen LogP contribution in [0.4, 0.5) is 0 Å². The lowest BCUT2D eigenvalue weighted by Gasteiger charge is -2.18. The van der Waals surface area contributed by atoms with Crippen molar-refractivity contribution in [2.45, 2.75) is 22.8 Å². The topological polar surface area (TPSA) is 87.8 Å². The van der Waals surface area contributed by atoms with E-state index >= 15 is 0 Å². The highest BCUT2D eigenvalue weighted by Crippen LogP contribution is 2.34. The van der Waals surface area contributed by atoms with Crippen molar-refractivity contribution in [3.05, 3.63) is 24.0 Å². The average Bonchev–Trinajstić information content (AvgIpc) is 3.24. The number of aryl methyl sites for hydroxylation is 1. The van der Waals surface area contributed by atoms with Gasteiger partial charge in [0.1, 0.15) is 19.0 Å². The Morgan fingerprint density at radius 2 is 2.13 bits per heavy atom. The van der Waals surface area contributed by atoms with E-state index in [0.29, 0.717) is 24.1 Å². The molecule has 1 aliphatic rings. The lowest BCUT2D eigenvalue weighted by atomic mass is 10.2. The molecule has 2 aromatic heterocycles. The van der Waals surface area contributed by atoms with Gasteiger partial charge in [0.25, 0.3) is 0 Å². The molecule has 0 amide bonds. The summed E-state index contributed by atoms with van der Waals surface area (Å²) < 4.78 is 17.9. The maximum Gasteiger partial charge on any atom is 0.221 e. The molecule has 0 N–H and O–H groups in total. The largest absolute Gasteiger partial charge is 0.486 e. The third-order valence-electron chi connectivity index (χ3n) is 3.16. The second kappa shape index (κ2) is 6.13. The molecule has 23 heavy (non-hydrogen) atoms. The van der Waals surface area contributed by atoms with E-state index in [4.69, 9.17) is 9.47 Å². The Morgan fingerprint density at radius 3 is 2.96 bits per heavy atom. The maximum atomic E-state index is 5.60. The van der Waals surface area contributed by atoms with E-state index in [-0.39, 0.29) is 0 Å². The van der Waals surface area contributed by atoms with Crippen LogP contribution < -0.4 is 9.47 Å². The molecule has 0 bridgehead atoms. The van der Waals surface area contributed by atoms with Crippen molar-refractivity contribution in [2.75, 3.05) is 13.2 Å². The number of aromatic nitrogens is 6. The smallest absolute Gasteiger partial charge is 0.221 e. The quantitative estimate of drug-likeness (QED) is 0.707. The molecule has 3 heterocycles. The van der Waals surface area contributed by atoms with Crippen molar-refractivity contribution in [3.63, 3.8) is 0 Å². The monoisotopic (exact) mass is 348 g/mol. The van der Waals surface area contributed by atoms with Crippen LogP contribution in [-0.2, 0) is 6.42 Å². The highest BCUT2D eigenvalue weighted by atomic mass is 32.2. The van der Waals surface area contributed by atoms with Gasteiger partial charge >= 0.3 is 0 Å². The molecule has 0 atom stereocenters. The minimum absolute atomic E-state index is 0.540. The van der Waals surface area contributed by atoms with Gasteiger partial charge in [-0.2, -0.15) is 9.06 Å². The second-order valence-electron chi connectivity index (χ2n) is 4.63. The molecule has 8 nitrogen and oxygen atoms in total. The predicted octanol–water partition coefficient (Wildman–Crippen LogP) is 2.00. The number of fused-ring (bicyclic) bond motifs is 1. The molecule has 0 radical (unpaired) electrons.